The highest BCUT2D eigenvalue weighted by Crippen LogP contribution is 2.28. The molecule has 1 unspecified atom stereocenters. The Morgan fingerprint density at radius 3 is 2.85 bits per heavy atom. The van der Waals surface area contributed by atoms with E-state index in [0.717, 1.165) is 25.2 Å². The van der Waals surface area contributed by atoms with Crippen LogP contribution in [0.1, 0.15) is 11.6 Å². The van der Waals surface area contributed by atoms with Crippen LogP contribution in [0.2, 0.25) is 0 Å². The molecule has 1 aromatic carbocycles. The molecule has 0 radical (unpaired) electrons. The van der Waals surface area contributed by atoms with Crippen LogP contribution in [0, 0.1) is 0 Å². The largest absolute Gasteiger partial charge is 0.341 e. The number of halogens is 1. The van der Waals surface area contributed by atoms with Gasteiger partial charge in [0, 0.05) is 38.1 Å². The van der Waals surface area contributed by atoms with Gasteiger partial charge < -0.3 is 10.6 Å². The number of pyridine rings is 1. The summed E-state index contributed by atoms with van der Waals surface area (Å²) in [6.45, 7) is 2.90. The van der Waals surface area contributed by atoms with E-state index in [4.69, 9.17) is 0 Å². The minimum atomic E-state index is -3.65. The number of hydrogen-bond donors (Lipinski definition) is 2. The van der Waals surface area contributed by atoms with Crippen molar-refractivity contribution in [1.82, 2.24) is 15.2 Å². The molecular weight excluding hydrogens is 374 g/mol. The molecule has 2 N–H and O–H groups in total. The third-order valence-corrected chi connectivity index (χ3v) is 5.82. The molecule has 4 rings (SSSR count). The summed E-state index contributed by atoms with van der Waals surface area (Å²) in [7, 11) is -3.65. The molecule has 1 saturated heterocycles. The Balaban J connectivity index is 0.00000196. The normalized spacial score (nSPS) is 21.7. The van der Waals surface area contributed by atoms with Crippen LogP contribution in [-0.4, -0.2) is 50.3 Å². The van der Waals surface area contributed by atoms with Gasteiger partial charge >= 0.3 is 0 Å². The maximum Gasteiger partial charge on any atom is 0.286 e. The van der Waals surface area contributed by atoms with Gasteiger partial charge in [-0.1, -0.05) is 18.2 Å². The van der Waals surface area contributed by atoms with Crippen LogP contribution in [-0.2, 0) is 10.0 Å². The van der Waals surface area contributed by atoms with Crippen molar-refractivity contribution < 1.29 is 8.42 Å². The highest BCUT2D eigenvalue weighted by molar-refractivity contribution is 7.90. The molecule has 1 atom stereocenters. The predicted octanol–water partition coefficient (Wildman–Crippen LogP) is 1.66. The van der Waals surface area contributed by atoms with Crippen molar-refractivity contribution in [2.75, 3.05) is 31.5 Å². The molecule has 2 aliphatic rings. The molecule has 2 aromatic rings. The van der Waals surface area contributed by atoms with Gasteiger partial charge in [0.1, 0.15) is 10.7 Å². The smallest absolute Gasteiger partial charge is 0.286 e. The molecule has 0 amide bonds. The maximum absolute atomic E-state index is 12.4. The van der Waals surface area contributed by atoms with Gasteiger partial charge in [-0.3, -0.25) is 9.88 Å². The fourth-order valence-electron chi connectivity index (χ4n) is 3.27. The van der Waals surface area contributed by atoms with E-state index in [1.54, 1.807) is 24.4 Å². The summed E-state index contributed by atoms with van der Waals surface area (Å²) in [5.41, 5.74) is 1.69. The molecule has 9 heteroatoms. The molecule has 2 aliphatic heterocycles. The number of piperazine rings is 1. The fraction of sp³-hybridized carbons (Fsp3) is 0.294. The zero-order valence-electron chi connectivity index (χ0n) is 14.0. The molecule has 1 fully saturated rings. The van der Waals surface area contributed by atoms with Crippen molar-refractivity contribution in [1.29, 1.82) is 0 Å². The monoisotopic (exact) mass is 393 g/mol. The van der Waals surface area contributed by atoms with E-state index >= 15 is 0 Å². The number of rotatable bonds is 3. The standard InChI is InChI=1S/C17H19N5O2S.ClH/c23-25(24)16-6-2-1-5-14(16)20-17(21-25)12-22-9-8-19-11-15(22)13-4-3-7-18-10-13;/h1-7,10,15,19H,8-9,11-12H2,(H,20,21);1H. The molecule has 1 aromatic heterocycles. The van der Waals surface area contributed by atoms with E-state index < -0.39 is 10.0 Å². The van der Waals surface area contributed by atoms with Crippen LogP contribution in [0.25, 0.3) is 0 Å². The third-order valence-electron chi connectivity index (χ3n) is 4.45. The molecule has 26 heavy (non-hydrogen) atoms. The van der Waals surface area contributed by atoms with Gasteiger partial charge in [-0.15, -0.1) is 16.8 Å². The number of benzene rings is 1. The van der Waals surface area contributed by atoms with Crippen molar-refractivity contribution in [2.24, 2.45) is 4.40 Å². The Hall–Kier alpha value is -2.00. The van der Waals surface area contributed by atoms with E-state index in [1.165, 1.54) is 0 Å². The molecule has 138 valence electrons. The van der Waals surface area contributed by atoms with Crippen LogP contribution in [0.15, 0.2) is 58.1 Å². The van der Waals surface area contributed by atoms with Crippen molar-refractivity contribution in [3.63, 3.8) is 0 Å². The second kappa shape index (κ2) is 7.71. The van der Waals surface area contributed by atoms with Gasteiger partial charge in [0.05, 0.1) is 12.2 Å². The second-order valence-electron chi connectivity index (χ2n) is 6.11. The van der Waals surface area contributed by atoms with Crippen LogP contribution in [0.3, 0.4) is 0 Å². The van der Waals surface area contributed by atoms with Crippen molar-refractivity contribution >= 4 is 34.0 Å². The summed E-state index contributed by atoms with van der Waals surface area (Å²) in [4.78, 5) is 6.65. The first-order chi connectivity index (χ1) is 12.1. The summed E-state index contributed by atoms with van der Waals surface area (Å²) >= 11 is 0. The minimum Gasteiger partial charge on any atom is -0.341 e. The topological polar surface area (TPSA) is 86.7 Å². The van der Waals surface area contributed by atoms with Gasteiger partial charge in [-0.25, -0.2) is 0 Å². The zero-order valence-corrected chi connectivity index (χ0v) is 15.6. The van der Waals surface area contributed by atoms with Crippen molar-refractivity contribution in [3.8, 4) is 0 Å². The first kappa shape index (κ1) is 18.8. The first-order valence-corrected chi connectivity index (χ1v) is 9.62. The maximum atomic E-state index is 12.4. The first-order valence-electron chi connectivity index (χ1n) is 8.18. The Morgan fingerprint density at radius 2 is 2.04 bits per heavy atom. The highest BCUT2D eigenvalue weighted by Gasteiger charge is 2.29. The van der Waals surface area contributed by atoms with Crippen LogP contribution in [0.4, 0.5) is 5.69 Å². The molecule has 0 aliphatic carbocycles. The number of aromatic nitrogens is 1. The van der Waals surface area contributed by atoms with Crippen LogP contribution >= 0.6 is 12.4 Å². The van der Waals surface area contributed by atoms with Crippen molar-refractivity contribution in [2.45, 2.75) is 10.9 Å². The van der Waals surface area contributed by atoms with Gasteiger partial charge in [0.25, 0.3) is 10.0 Å². The quantitative estimate of drug-likeness (QED) is 0.824. The number of fused-ring (bicyclic) bond motifs is 1. The van der Waals surface area contributed by atoms with Gasteiger partial charge in [0.15, 0.2) is 0 Å². The van der Waals surface area contributed by atoms with E-state index in [1.807, 2.05) is 24.4 Å². The molecule has 0 spiro atoms. The molecule has 3 heterocycles. The minimum absolute atomic E-state index is 0. The second-order valence-corrected chi connectivity index (χ2v) is 7.68. The summed E-state index contributed by atoms with van der Waals surface area (Å²) in [6, 6.07) is 10.9. The van der Waals surface area contributed by atoms with Gasteiger partial charge in [-0.2, -0.15) is 8.42 Å². The van der Waals surface area contributed by atoms with Crippen LogP contribution < -0.4 is 10.6 Å². The van der Waals surface area contributed by atoms with E-state index in [0.29, 0.717) is 18.1 Å². The lowest BCUT2D eigenvalue weighted by atomic mass is 10.1. The number of nitrogens with zero attached hydrogens (tertiary/aromatic N) is 3. The SMILES string of the molecule is Cl.O=S1(=O)N=C(CN2CCNCC2c2cccnc2)Nc2ccccc21. The lowest BCUT2D eigenvalue weighted by molar-refractivity contribution is 0.186. The van der Waals surface area contributed by atoms with E-state index in [-0.39, 0.29) is 23.3 Å². The average molecular weight is 394 g/mol. The molecular formula is C17H20ClN5O2S. The number of anilines is 1. The van der Waals surface area contributed by atoms with Gasteiger partial charge in [0.2, 0.25) is 0 Å². The number of sulfonamides is 1. The average Bonchev–Trinajstić information content (AvgIpc) is 2.62. The molecule has 0 saturated carbocycles. The lowest BCUT2D eigenvalue weighted by Gasteiger charge is -2.36. The number of nitrogens with one attached hydrogen (secondary N) is 2. The predicted molar refractivity (Wildman–Crippen MR) is 103 cm³/mol. The Labute approximate surface area is 159 Å². The number of hydrogen-bond acceptors (Lipinski definition) is 6. The Bertz CT molecular complexity index is 904. The summed E-state index contributed by atoms with van der Waals surface area (Å²) < 4.78 is 28.8. The fourth-order valence-corrected chi connectivity index (χ4v) is 4.40. The lowest BCUT2D eigenvalue weighted by Crippen LogP contribution is -2.49. The number of amidine groups is 1. The summed E-state index contributed by atoms with van der Waals surface area (Å²) in [5.74, 6) is 0.453. The zero-order chi connectivity index (χ0) is 17.3. The number of para-hydroxylation sites is 1. The third kappa shape index (κ3) is 3.73. The Kier molecular flexibility index (Phi) is 5.57. The molecule has 7 nitrogen and oxygen atoms in total. The van der Waals surface area contributed by atoms with E-state index in [9.17, 15) is 8.42 Å². The van der Waals surface area contributed by atoms with Crippen LogP contribution in [0.5, 0.6) is 0 Å². The Morgan fingerprint density at radius 1 is 1.19 bits per heavy atom. The van der Waals surface area contributed by atoms with Crippen molar-refractivity contribution in [3.05, 3.63) is 54.4 Å². The summed E-state index contributed by atoms with van der Waals surface area (Å²) in [6.07, 6.45) is 3.60. The van der Waals surface area contributed by atoms with Gasteiger partial charge in [-0.05, 0) is 23.8 Å². The highest BCUT2D eigenvalue weighted by atomic mass is 35.5. The van der Waals surface area contributed by atoms with E-state index in [2.05, 4.69) is 24.9 Å². The summed E-state index contributed by atoms with van der Waals surface area (Å²) in [5, 5.41) is 6.55. The molecule has 0 bridgehead atoms.